The fourth-order valence-electron chi connectivity index (χ4n) is 2.95. The Kier molecular flexibility index (Phi) is 5.23. The van der Waals surface area contributed by atoms with Crippen LogP contribution in [-0.4, -0.2) is 44.7 Å². The van der Waals surface area contributed by atoms with Gasteiger partial charge in [-0.2, -0.15) is 4.31 Å². The summed E-state index contributed by atoms with van der Waals surface area (Å²) in [5, 5.41) is 0. The number of sulfone groups is 1. The quantitative estimate of drug-likeness (QED) is 0.808. The predicted molar refractivity (Wildman–Crippen MR) is 91.8 cm³/mol. The second-order valence-corrected chi connectivity index (χ2v) is 10.5. The summed E-state index contributed by atoms with van der Waals surface area (Å²) in [4.78, 5) is 0.241. The Hall–Kier alpha value is -0.920. The first-order valence-electron chi connectivity index (χ1n) is 7.89. The van der Waals surface area contributed by atoms with Gasteiger partial charge in [0.05, 0.1) is 16.4 Å². The third-order valence-electron chi connectivity index (χ3n) is 4.65. The van der Waals surface area contributed by atoms with Gasteiger partial charge in [-0.25, -0.2) is 16.8 Å². The third-order valence-corrected chi connectivity index (χ3v) is 8.46. The van der Waals surface area contributed by atoms with Crippen molar-refractivity contribution in [3.8, 4) is 0 Å². The highest BCUT2D eigenvalue weighted by atomic mass is 32.2. The molecule has 0 N–H and O–H groups in total. The van der Waals surface area contributed by atoms with E-state index in [1.165, 1.54) is 4.31 Å². The van der Waals surface area contributed by atoms with E-state index in [1.807, 2.05) is 27.7 Å². The van der Waals surface area contributed by atoms with Gasteiger partial charge in [0.25, 0.3) is 0 Å². The van der Waals surface area contributed by atoms with Crippen LogP contribution >= 0.6 is 0 Å². The first-order chi connectivity index (χ1) is 10.6. The van der Waals surface area contributed by atoms with Gasteiger partial charge in [-0.1, -0.05) is 13.0 Å². The summed E-state index contributed by atoms with van der Waals surface area (Å²) in [7, 11) is -6.86. The van der Waals surface area contributed by atoms with Gasteiger partial charge in [0.1, 0.15) is 0 Å². The first-order valence-corrected chi connectivity index (χ1v) is 11.2. The van der Waals surface area contributed by atoms with E-state index >= 15 is 0 Å². The molecular weight excluding hydrogens is 334 g/mol. The highest BCUT2D eigenvalue weighted by molar-refractivity contribution is 7.92. The normalized spacial score (nSPS) is 22.4. The Morgan fingerprint density at radius 2 is 1.91 bits per heavy atom. The van der Waals surface area contributed by atoms with Gasteiger partial charge in [-0.05, 0) is 56.9 Å². The number of rotatable bonds is 5. The minimum Gasteiger partial charge on any atom is -0.229 e. The second-order valence-electron chi connectivity index (χ2n) is 6.40. The minimum atomic E-state index is -3.72. The Labute approximate surface area is 139 Å². The molecule has 0 saturated carbocycles. The molecule has 1 aromatic rings. The van der Waals surface area contributed by atoms with Crippen molar-refractivity contribution in [3.05, 3.63) is 29.3 Å². The summed E-state index contributed by atoms with van der Waals surface area (Å²) < 4.78 is 51.3. The van der Waals surface area contributed by atoms with Crippen LogP contribution in [0.25, 0.3) is 0 Å². The van der Waals surface area contributed by atoms with Gasteiger partial charge < -0.3 is 0 Å². The van der Waals surface area contributed by atoms with Gasteiger partial charge in [-0.3, -0.25) is 0 Å². The van der Waals surface area contributed by atoms with Crippen molar-refractivity contribution in [2.75, 3.05) is 11.5 Å². The van der Waals surface area contributed by atoms with Crippen molar-refractivity contribution < 1.29 is 16.8 Å². The lowest BCUT2D eigenvalue weighted by atomic mass is 10.1. The average molecular weight is 360 g/mol. The lowest BCUT2D eigenvalue weighted by Crippen LogP contribution is -2.46. The van der Waals surface area contributed by atoms with E-state index < -0.39 is 25.9 Å². The number of hydrogen-bond acceptors (Lipinski definition) is 4. The second kappa shape index (κ2) is 6.53. The average Bonchev–Trinajstić information content (AvgIpc) is 2.81. The fraction of sp³-hybridized carbons (Fsp3) is 0.625. The maximum atomic E-state index is 13.1. The van der Waals surface area contributed by atoms with E-state index in [1.54, 1.807) is 18.2 Å². The Balaban J connectivity index is 2.47. The molecule has 130 valence electrons. The molecule has 0 unspecified atom stereocenters. The maximum absolute atomic E-state index is 13.1. The molecule has 2 rings (SSSR count). The zero-order valence-electron chi connectivity index (χ0n) is 14.1. The molecule has 0 amide bonds. The maximum Gasteiger partial charge on any atom is 0.243 e. The SMILES string of the molecule is CC[C@H](C)N([C@@H]1CCS(=O)(=O)C1)S(=O)(=O)c1ccc(C)c(C)c1. The summed E-state index contributed by atoms with van der Waals surface area (Å²) in [5.41, 5.74) is 1.94. The molecule has 0 bridgehead atoms. The summed E-state index contributed by atoms with van der Waals surface area (Å²) in [5.74, 6) is -0.0194. The van der Waals surface area contributed by atoms with E-state index in [0.717, 1.165) is 11.1 Å². The molecule has 5 nitrogen and oxygen atoms in total. The van der Waals surface area contributed by atoms with Crippen molar-refractivity contribution >= 4 is 19.9 Å². The number of nitrogens with zero attached hydrogens (tertiary/aromatic N) is 1. The molecule has 0 radical (unpaired) electrons. The molecule has 2 atom stereocenters. The van der Waals surface area contributed by atoms with E-state index in [9.17, 15) is 16.8 Å². The van der Waals surface area contributed by atoms with Crippen LogP contribution in [0, 0.1) is 13.8 Å². The van der Waals surface area contributed by atoms with Crippen LogP contribution in [0.1, 0.15) is 37.8 Å². The highest BCUT2D eigenvalue weighted by Gasteiger charge is 2.40. The molecule has 1 aromatic carbocycles. The van der Waals surface area contributed by atoms with E-state index in [4.69, 9.17) is 0 Å². The lowest BCUT2D eigenvalue weighted by molar-refractivity contribution is 0.271. The topological polar surface area (TPSA) is 71.5 Å². The monoisotopic (exact) mass is 359 g/mol. The summed E-state index contributed by atoms with van der Waals surface area (Å²) in [6.45, 7) is 7.56. The van der Waals surface area contributed by atoms with Gasteiger partial charge >= 0.3 is 0 Å². The predicted octanol–water partition coefficient (Wildman–Crippen LogP) is 2.28. The standard InChI is InChI=1S/C16H25NO4S2/c1-5-14(4)17(15-8-9-22(18,19)11-15)23(20,21)16-7-6-12(2)13(3)10-16/h6-7,10,14-15H,5,8-9,11H2,1-4H3/t14-,15+/m0/s1. The van der Waals surface area contributed by atoms with Crippen LogP contribution in [0.4, 0.5) is 0 Å². The van der Waals surface area contributed by atoms with Gasteiger partial charge in [0, 0.05) is 12.1 Å². The largest absolute Gasteiger partial charge is 0.243 e. The molecule has 1 saturated heterocycles. The van der Waals surface area contributed by atoms with Crippen LogP contribution < -0.4 is 0 Å². The molecule has 1 aliphatic heterocycles. The fourth-order valence-corrected chi connectivity index (χ4v) is 6.76. The summed E-state index contributed by atoms with van der Waals surface area (Å²) in [6, 6.07) is 4.36. The molecule has 1 aliphatic rings. The number of aryl methyl sites for hydroxylation is 2. The van der Waals surface area contributed by atoms with Crippen molar-refractivity contribution in [3.63, 3.8) is 0 Å². The Morgan fingerprint density at radius 3 is 2.39 bits per heavy atom. The van der Waals surface area contributed by atoms with Crippen LogP contribution in [-0.2, 0) is 19.9 Å². The van der Waals surface area contributed by atoms with Gasteiger partial charge in [-0.15, -0.1) is 0 Å². The van der Waals surface area contributed by atoms with Crippen LogP contribution in [0.2, 0.25) is 0 Å². The zero-order chi connectivity index (χ0) is 17.4. The van der Waals surface area contributed by atoms with Crippen LogP contribution in [0.3, 0.4) is 0 Å². The van der Waals surface area contributed by atoms with E-state index in [-0.39, 0.29) is 22.4 Å². The molecule has 0 aromatic heterocycles. The van der Waals surface area contributed by atoms with E-state index in [0.29, 0.717) is 12.8 Å². The van der Waals surface area contributed by atoms with Crippen LogP contribution in [0.5, 0.6) is 0 Å². The van der Waals surface area contributed by atoms with Crippen molar-refractivity contribution in [1.29, 1.82) is 0 Å². The van der Waals surface area contributed by atoms with Crippen LogP contribution in [0.15, 0.2) is 23.1 Å². The Morgan fingerprint density at radius 1 is 1.26 bits per heavy atom. The van der Waals surface area contributed by atoms with Crippen molar-refractivity contribution in [2.45, 2.75) is 57.5 Å². The number of benzene rings is 1. The Bertz CT molecular complexity index is 784. The lowest BCUT2D eigenvalue weighted by Gasteiger charge is -2.32. The highest BCUT2D eigenvalue weighted by Crippen LogP contribution is 2.29. The summed E-state index contributed by atoms with van der Waals surface area (Å²) in [6.07, 6.45) is 1.01. The molecular formula is C16H25NO4S2. The molecule has 0 spiro atoms. The number of hydrogen-bond donors (Lipinski definition) is 0. The molecule has 23 heavy (non-hydrogen) atoms. The first kappa shape index (κ1) is 18.4. The smallest absolute Gasteiger partial charge is 0.229 e. The molecule has 1 fully saturated rings. The molecule has 7 heteroatoms. The molecule has 1 heterocycles. The summed E-state index contributed by atoms with van der Waals surface area (Å²) >= 11 is 0. The van der Waals surface area contributed by atoms with Gasteiger partial charge in [0.2, 0.25) is 10.0 Å². The van der Waals surface area contributed by atoms with Gasteiger partial charge in [0.15, 0.2) is 9.84 Å². The van der Waals surface area contributed by atoms with Crippen molar-refractivity contribution in [1.82, 2.24) is 4.31 Å². The minimum absolute atomic E-state index is 0.0625. The molecule has 0 aliphatic carbocycles. The number of sulfonamides is 1. The zero-order valence-corrected chi connectivity index (χ0v) is 15.7. The van der Waals surface area contributed by atoms with Crippen molar-refractivity contribution in [2.24, 2.45) is 0 Å². The third kappa shape index (κ3) is 3.78. The van der Waals surface area contributed by atoms with E-state index in [2.05, 4.69) is 0 Å².